The zero-order valence-electron chi connectivity index (χ0n) is 17.2. The maximum atomic E-state index is 12.6. The standard InChI is InChI=1S/C20H26N6O6/c21-12(7-10-9-24-13-4-2-1-3-11(10)13)18(29)26-15(8-17(23)28)19(30)25-14(20(31)32)5-6-16(22)27/h1-4,9,12,14-15,24H,5-8,21H2,(H2,22,27)(H2,23,28)(H,25,30)(H,26,29)(H,31,32). The minimum atomic E-state index is -1.44. The number of rotatable bonds is 12. The summed E-state index contributed by atoms with van der Waals surface area (Å²) < 4.78 is 0. The zero-order chi connectivity index (χ0) is 23.8. The van der Waals surface area contributed by atoms with Crippen molar-refractivity contribution in [2.24, 2.45) is 17.2 Å². The van der Waals surface area contributed by atoms with Crippen LogP contribution in [0.25, 0.3) is 10.9 Å². The second-order valence-electron chi connectivity index (χ2n) is 7.31. The SMILES string of the molecule is NC(=O)CCC(NC(=O)C(CC(N)=O)NC(=O)C(N)Cc1c[nH]c2ccccc12)C(=O)O. The van der Waals surface area contributed by atoms with Crippen molar-refractivity contribution >= 4 is 40.5 Å². The first-order chi connectivity index (χ1) is 15.1. The molecule has 0 aliphatic rings. The van der Waals surface area contributed by atoms with Gasteiger partial charge in [0.1, 0.15) is 12.1 Å². The number of nitrogens with two attached hydrogens (primary N) is 3. The summed E-state index contributed by atoms with van der Waals surface area (Å²) >= 11 is 0. The van der Waals surface area contributed by atoms with Crippen LogP contribution in [0.3, 0.4) is 0 Å². The molecular weight excluding hydrogens is 420 g/mol. The third-order valence-corrected chi connectivity index (χ3v) is 4.78. The summed E-state index contributed by atoms with van der Waals surface area (Å²) in [5.41, 5.74) is 17.8. The average Bonchev–Trinajstić information content (AvgIpc) is 3.12. The van der Waals surface area contributed by atoms with Crippen LogP contribution < -0.4 is 27.8 Å². The number of primary amides is 2. The van der Waals surface area contributed by atoms with Crippen molar-refractivity contribution < 1.29 is 29.1 Å². The number of aromatic amines is 1. The van der Waals surface area contributed by atoms with Gasteiger partial charge in [0.25, 0.3) is 0 Å². The summed E-state index contributed by atoms with van der Waals surface area (Å²) in [5.74, 6) is -4.70. The van der Waals surface area contributed by atoms with Crippen molar-refractivity contribution in [2.45, 2.75) is 43.8 Å². The Morgan fingerprint density at radius 1 is 0.969 bits per heavy atom. The highest BCUT2D eigenvalue weighted by Crippen LogP contribution is 2.18. The molecule has 1 aromatic heterocycles. The summed E-state index contributed by atoms with van der Waals surface area (Å²) in [6, 6.07) is 3.50. The zero-order valence-corrected chi connectivity index (χ0v) is 17.2. The monoisotopic (exact) mass is 446 g/mol. The molecule has 0 saturated heterocycles. The number of nitrogens with one attached hydrogen (secondary N) is 3. The van der Waals surface area contributed by atoms with Gasteiger partial charge in [0.05, 0.1) is 12.5 Å². The van der Waals surface area contributed by atoms with Gasteiger partial charge in [-0.05, 0) is 24.5 Å². The molecule has 0 saturated carbocycles. The number of hydrogen-bond donors (Lipinski definition) is 7. The Kier molecular flexibility index (Phi) is 8.30. The van der Waals surface area contributed by atoms with Crippen molar-refractivity contribution in [3.63, 3.8) is 0 Å². The minimum absolute atomic E-state index is 0.150. The van der Waals surface area contributed by atoms with Gasteiger partial charge in [-0.25, -0.2) is 4.79 Å². The number of para-hydroxylation sites is 1. The van der Waals surface area contributed by atoms with Crippen LogP contribution in [0.4, 0.5) is 0 Å². The number of aliphatic carboxylic acids is 1. The van der Waals surface area contributed by atoms with E-state index in [-0.39, 0.29) is 19.3 Å². The Balaban J connectivity index is 2.06. The van der Waals surface area contributed by atoms with Gasteiger partial charge >= 0.3 is 5.97 Å². The largest absolute Gasteiger partial charge is 0.480 e. The van der Waals surface area contributed by atoms with E-state index in [0.717, 1.165) is 16.5 Å². The van der Waals surface area contributed by atoms with E-state index in [1.165, 1.54) is 0 Å². The van der Waals surface area contributed by atoms with Crippen molar-refractivity contribution in [2.75, 3.05) is 0 Å². The molecule has 2 aromatic rings. The lowest BCUT2D eigenvalue weighted by Crippen LogP contribution is -2.55. The van der Waals surface area contributed by atoms with Crippen molar-refractivity contribution in [3.8, 4) is 0 Å². The van der Waals surface area contributed by atoms with E-state index in [1.54, 1.807) is 6.20 Å². The molecule has 172 valence electrons. The molecule has 2 rings (SSSR count). The fourth-order valence-corrected chi connectivity index (χ4v) is 3.14. The van der Waals surface area contributed by atoms with E-state index < -0.39 is 54.1 Å². The molecule has 0 aliphatic carbocycles. The number of carboxylic acids is 1. The lowest BCUT2D eigenvalue weighted by Gasteiger charge is -2.22. The van der Waals surface area contributed by atoms with E-state index in [0.29, 0.717) is 0 Å². The van der Waals surface area contributed by atoms with E-state index in [2.05, 4.69) is 15.6 Å². The van der Waals surface area contributed by atoms with Crippen molar-refractivity contribution in [1.82, 2.24) is 15.6 Å². The van der Waals surface area contributed by atoms with Crippen LogP contribution in [0.1, 0.15) is 24.8 Å². The first-order valence-electron chi connectivity index (χ1n) is 9.79. The molecule has 1 heterocycles. The highest BCUT2D eigenvalue weighted by atomic mass is 16.4. The Labute approximate surface area is 182 Å². The normalized spacial score (nSPS) is 13.7. The number of hydrogen-bond acceptors (Lipinski definition) is 6. The summed E-state index contributed by atoms with van der Waals surface area (Å²) in [5, 5.41) is 14.6. The van der Waals surface area contributed by atoms with Crippen LogP contribution in [0.15, 0.2) is 30.5 Å². The average molecular weight is 446 g/mol. The van der Waals surface area contributed by atoms with Gasteiger partial charge in [-0.2, -0.15) is 0 Å². The number of benzene rings is 1. The number of H-pyrrole nitrogens is 1. The molecule has 12 nitrogen and oxygen atoms in total. The van der Waals surface area contributed by atoms with Gasteiger partial charge in [0.15, 0.2) is 0 Å². The molecule has 10 N–H and O–H groups in total. The molecule has 3 atom stereocenters. The Morgan fingerprint density at radius 3 is 2.25 bits per heavy atom. The molecule has 0 radical (unpaired) electrons. The molecule has 4 amide bonds. The highest BCUT2D eigenvalue weighted by molar-refractivity contribution is 5.95. The predicted octanol–water partition coefficient (Wildman–Crippen LogP) is -1.77. The van der Waals surface area contributed by atoms with Gasteiger partial charge in [-0.3, -0.25) is 19.2 Å². The Bertz CT molecular complexity index is 1020. The quantitative estimate of drug-likeness (QED) is 0.198. The molecule has 0 aliphatic heterocycles. The molecular formula is C20H26N6O6. The first kappa shape index (κ1) is 24.3. The van der Waals surface area contributed by atoms with Crippen LogP contribution in [0.5, 0.6) is 0 Å². The van der Waals surface area contributed by atoms with Gasteiger partial charge in [0.2, 0.25) is 23.6 Å². The van der Waals surface area contributed by atoms with Crippen molar-refractivity contribution in [1.29, 1.82) is 0 Å². The fraction of sp³-hybridized carbons (Fsp3) is 0.350. The minimum Gasteiger partial charge on any atom is -0.480 e. The molecule has 0 bridgehead atoms. The third-order valence-electron chi connectivity index (χ3n) is 4.78. The van der Waals surface area contributed by atoms with Crippen LogP contribution in [-0.2, 0) is 30.4 Å². The summed E-state index contributed by atoms with van der Waals surface area (Å²) in [6.45, 7) is 0. The number of amides is 4. The van der Waals surface area contributed by atoms with Crippen molar-refractivity contribution in [3.05, 3.63) is 36.0 Å². The second kappa shape index (κ2) is 10.9. The molecule has 0 fully saturated rings. The molecule has 0 spiro atoms. The van der Waals surface area contributed by atoms with E-state index in [1.807, 2.05) is 24.3 Å². The maximum Gasteiger partial charge on any atom is 0.326 e. The Hall–Kier alpha value is -3.93. The Morgan fingerprint density at radius 2 is 1.62 bits per heavy atom. The fourth-order valence-electron chi connectivity index (χ4n) is 3.14. The molecule has 3 unspecified atom stereocenters. The second-order valence-corrected chi connectivity index (χ2v) is 7.31. The predicted molar refractivity (Wildman–Crippen MR) is 114 cm³/mol. The molecule has 12 heteroatoms. The van der Waals surface area contributed by atoms with Gasteiger partial charge in [-0.1, -0.05) is 18.2 Å². The van der Waals surface area contributed by atoms with Gasteiger partial charge in [-0.15, -0.1) is 0 Å². The van der Waals surface area contributed by atoms with E-state index in [9.17, 15) is 29.1 Å². The molecule has 32 heavy (non-hydrogen) atoms. The topological polar surface area (TPSA) is 223 Å². The lowest BCUT2D eigenvalue weighted by molar-refractivity contribution is -0.142. The lowest BCUT2D eigenvalue weighted by atomic mass is 10.0. The molecule has 1 aromatic carbocycles. The van der Waals surface area contributed by atoms with E-state index in [4.69, 9.17) is 17.2 Å². The van der Waals surface area contributed by atoms with Crippen LogP contribution >= 0.6 is 0 Å². The number of fused-ring (bicyclic) bond motifs is 1. The maximum absolute atomic E-state index is 12.6. The number of carbonyl (C=O) groups is 5. The smallest absolute Gasteiger partial charge is 0.326 e. The highest BCUT2D eigenvalue weighted by Gasteiger charge is 2.29. The van der Waals surface area contributed by atoms with Gasteiger partial charge in [0, 0.05) is 23.5 Å². The summed E-state index contributed by atoms with van der Waals surface area (Å²) in [6.07, 6.45) is 0.769. The van der Waals surface area contributed by atoms with Gasteiger partial charge < -0.3 is 37.9 Å². The van der Waals surface area contributed by atoms with Crippen LogP contribution in [0, 0.1) is 0 Å². The number of carboxylic acid groups (broad SMARTS) is 1. The van der Waals surface area contributed by atoms with Crippen LogP contribution in [-0.4, -0.2) is 57.8 Å². The number of aromatic nitrogens is 1. The first-order valence-corrected chi connectivity index (χ1v) is 9.79. The number of carbonyl (C=O) groups excluding carboxylic acids is 4. The third kappa shape index (κ3) is 6.80. The summed E-state index contributed by atoms with van der Waals surface area (Å²) in [4.78, 5) is 61.8. The van der Waals surface area contributed by atoms with Crippen LogP contribution in [0.2, 0.25) is 0 Å². The van der Waals surface area contributed by atoms with E-state index >= 15 is 0 Å². The summed E-state index contributed by atoms with van der Waals surface area (Å²) in [7, 11) is 0.